The molecule has 0 aliphatic heterocycles. The van der Waals surface area contributed by atoms with Gasteiger partial charge in [0.2, 0.25) is 0 Å². The molecule has 0 heterocycles. The molecule has 0 bridgehead atoms. The highest BCUT2D eigenvalue weighted by molar-refractivity contribution is 7.92. The molecule has 0 fully saturated rings. The smallest absolute Gasteiger partial charge is 0.338 e. The van der Waals surface area contributed by atoms with E-state index in [1.54, 1.807) is 38.1 Å². The molecule has 0 saturated carbocycles. The zero-order chi connectivity index (χ0) is 24.2. The summed E-state index contributed by atoms with van der Waals surface area (Å²) in [6.45, 7) is 5.54. The Hall–Kier alpha value is -3.36. The summed E-state index contributed by atoms with van der Waals surface area (Å²) in [5, 5.41) is 2.84. The van der Waals surface area contributed by atoms with Gasteiger partial charge < -0.3 is 10.1 Å². The maximum Gasteiger partial charge on any atom is 0.338 e. The van der Waals surface area contributed by atoms with E-state index in [4.69, 9.17) is 16.3 Å². The Morgan fingerprint density at radius 2 is 1.58 bits per heavy atom. The first-order valence-corrected chi connectivity index (χ1v) is 11.9. The monoisotopic (exact) mass is 486 g/mol. The number of rotatable bonds is 7. The molecule has 3 rings (SSSR count). The van der Waals surface area contributed by atoms with Crippen LogP contribution in [0.5, 0.6) is 0 Å². The highest BCUT2D eigenvalue weighted by atomic mass is 35.5. The largest absolute Gasteiger partial charge is 0.462 e. The predicted octanol–water partition coefficient (Wildman–Crippen LogP) is 5.19. The summed E-state index contributed by atoms with van der Waals surface area (Å²) in [6.07, 6.45) is 0. The standard InChI is InChI=1S/C24H23ClN2O5S/c1-4-32-24(29)18-9-12-21(20(25)13-18)26-23(28)17-8-7-16(3)22(14-17)27-33(30,31)19-10-5-15(2)6-11-19/h5-14,27H,4H2,1-3H3,(H,26,28). The minimum Gasteiger partial charge on any atom is -0.462 e. The van der Waals surface area contributed by atoms with Crippen molar-refractivity contribution < 1.29 is 22.7 Å². The van der Waals surface area contributed by atoms with Crippen LogP contribution in [0.25, 0.3) is 0 Å². The third-order valence-electron chi connectivity index (χ3n) is 4.80. The average Bonchev–Trinajstić information content (AvgIpc) is 2.77. The maximum atomic E-state index is 12.8. The second-order valence-electron chi connectivity index (χ2n) is 7.32. The number of hydrogen-bond acceptors (Lipinski definition) is 5. The molecule has 3 aromatic rings. The summed E-state index contributed by atoms with van der Waals surface area (Å²) < 4.78 is 33.0. The van der Waals surface area contributed by atoms with Gasteiger partial charge in [-0.1, -0.05) is 35.4 Å². The quantitative estimate of drug-likeness (QED) is 0.448. The number of carbonyl (C=O) groups excluding carboxylic acids is 2. The van der Waals surface area contributed by atoms with Gasteiger partial charge in [-0.15, -0.1) is 0 Å². The lowest BCUT2D eigenvalue weighted by molar-refractivity contribution is 0.0526. The lowest BCUT2D eigenvalue weighted by atomic mass is 10.1. The minimum atomic E-state index is -3.82. The van der Waals surface area contributed by atoms with Gasteiger partial charge >= 0.3 is 5.97 Å². The molecule has 7 nitrogen and oxygen atoms in total. The Bertz CT molecular complexity index is 1300. The van der Waals surface area contributed by atoms with E-state index >= 15 is 0 Å². The van der Waals surface area contributed by atoms with Crippen molar-refractivity contribution in [3.05, 3.63) is 87.9 Å². The van der Waals surface area contributed by atoms with Crippen LogP contribution in [0.4, 0.5) is 11.4 Å². The molecule has 0 unspecified atom stereocenters. The topological polar surface area (TPSA) is 102 Å². The highest BCUT2D eigenvalue weighted by Crippen LogP contribution is 2.26. The Kier molecular flexibility index (Phi) is 7.40. The first-order chi connectivity index (χ1) is 15.6. The summed E-state index contributed by atoms with van der Waals surface area (Å²) in [5.41, 5.74) is 2.68. The number of carbonyl (C=O) groups is 2. The van der Waals surface area contributed by atoms with Crippen molar-refractivity contribution >= 4 is 44.9 Å². The zero-order valence-electron chi connectivity index (χ0n) is 18.3. The molecule has 0 atom stereocenters. The molecule has 1 amide bonds. The van der Waals surface area contributed by atoms with Crippen molar-refractivity contribution in [3.63, 3.8) is 0 Å². The van der Waals surface area contributed by atoms with Crippen LogP contribution in [0.3, 0.4) is 0 Å². The normalized spacial score (nSPS) is 11.0. The van der Waals surface area contributed by atoms with Gasteiger partial charge in [0.15, 0.2) is 0 Å². The minimum absolute atomic E-state index is 0.121. The van der Waals surface area contributed by atoms with Crippen molar-refractivity contribution in [2.75, 3.05) is 16.6 Å². The van der Waals surface area contributed by atoms with E-state index in [0.29, 0.717) is 11.3 Å². The van der Waals surface area contributed by atoms with Gasteiger partial charge in [0.25, 0.3) is 15.9 Å². The molecule has 0 aromatic heterocycles. The van der Waals surface area contributed by atoms with Crippen molar-refractivity contribution in [3.8, 4) is 0 Å². The summed E-state index contributed by atoms with van der Waals surface area (Å²) in [7, 11) is -3.82. The van der Waals surface area contributed by atoms with E-state index in [-0.39, 0.29) is 33.3 Å². The van der Waals surface area contributed by atoms with Crippen LogP contribution in [0.1, 0.15) is 38.8 Å². The Morgan fingerprint density at radius 1 is 0.909 bits per heavy atom. The second kappa shape index (κ2) is 10.1. The number of aryl methyl sites for hydroxylation is 2. The van der Waals surface area contributed by atoms with E-state index in [0.717, 1.165) is 5.56 Å². The molecule has 172 valence electrons. The molecule has 0 radical (unpaired) electrons. The molecule has 2 N–H and O–H groups in total. The van der Waals surface area contributed by atoms with E-state index in [9.17, 15) is 18.0 Å². The molecule has 0 aliphatic carbocycles. The number of anilines is 2. The fourth-order valence-corrected chi connectivity index (χ4v) is 4.30. The Balaban J connectivity index is 1.81. The predicted molar refractivity (Wildman–Crippen MR) is 129 cm³/mol. The van der Waals surface area contributed by atoms with Crippen molar-refractivity contribution in [1.82, 2.24) is 0 Å². The van der Waals surface area contributed by atoms with Crippen molar-refractivity contribution in [2.24, 2.45) is 0 Å². The molecular formula is C24H23ClN2O5S. The van der Waals surface area contributed by atoms with Gasteiger partial charge in [-0.2, -0.15) is 0 Å². The van der Waals surface area contributed by atoms with Crippen LogP contribution < -0.4 is 10.0 Å². The van der Waals surface area contributed by atoms with Crippen LogP contribution in [-0.4, -0.2) is 26.9 Å². The van der Waals surface area contributed by atoms with Gasteiger partial charge in [-0.05, 0) is 68.8 Å². The van der Waals surface area contributed by atoms with Gasteiger partial charge in [-0.3, -0.25) is 9.52 Å². The lowest BCUT2D eigenvalue weighted by Gasteiger charge is -2.13. The van der Waals surface area contributed by atoms with Crippen LogP contribution in [0.15, 0.2) is 65.6 Å². The fourth-order valence-electron chi connectivity index (χ4n) is 2.95. The highest BCUT2D eigenvalue weighted by Gasteiger charge is 2.17. The van der Waals surface area contributed by atoms with Crippen molar-refractivity contribution in [2.45, 2.75) is 25.7 Å². The molecule has 0 spiro atoms. The Morgan fingerprint density at radius 3 is 2.21 bits per heavy atom. The maximum absolute atomic E-state index is 12.8. The summed E-state index contributed by atoms with van der Waals surface area (Å²) >= 11 is 6.21. The average molecular weight is 487 g/mol. The SMILES string of the molecule is CCOC(=O)c1ccc(NC(=O)c2ccc(C)c(NS(=O)(=O)c3ccc(C)cc3)c2)c(Cl)c1. The second-order valence-corrected chi connectivity index (χ2v) is 9.41. The van der Waals surface area contributed by atoms with Gasteiger partial charge in [-0.25, -0.2) is 13.2 Å². The molecular weight excluding hydrogens is 464 g/mol. The summed E-state index contributed by atoms with van der Waals surface area (Å²) in [4.78, 5) is 24.7. The number of benzene rings is 3. The summed E-state index contributed by atoms with van der Waals surface area (Å²) in [5.74, 6) is -1.00. The lowest BCUT2D eigenvalue weighted by Crippen LogP contribution is -2.16. The fraction of sp³-hybridized carbons (Fsp3) is 0.167. The van der Waals surface area contributed by atoms with Gasteiger partial charge in [0.1, 0.15) is 0 Å². The third-order valence-corrected chi connectivity index (χ3v) is 6.50. The number of hydrogen-bond donors (Lipinski definition) is 2. The number of nitrogens with one attached hydrogen (secondary N) is 2. The number of halogens is 1. The van der Waals surface area contributed by atoms with Crippen LogP contribution in [0.2, 0.25) is 5.02 Å². The zero-order valence-corrected chi connectivity index (χ0v) is 19.9. The van der Waals surface area contributed by atoms with E-state index in [1.165, 1.54) is 36.4 Å². The van der Waals surface area contributed by atoms with E-state index in [2.05, 4.69) is 10.0 Å². The molecule has 9 heteroatoms. The molecule has 0 saturated heterocycles. The van der Waals surface area contributed by atoms with Crippen LogP contribution in [-0.2, 0) is 14.8 Å². The number of ether oxygens (including phenoxy) is 1. The van der Waals surface area contributed by atoms with Crippen LogP contribution in [0, 0.1) is 13.8 Å². The molecule has 0 aliphatic rings. The number of amides is 1. The third kappa shape index (κ3) is 5.91. The summed E-state index contributed by atoms with van der Waals surface area (Å²) in [6, 6.07) is 15.5. The number of esters is 1. The van der Waals surface area contributed by atoms with Gasteiger partial charge in [0.05, 0.1) is 33.5 Å². The van der Waals surface area contributed by atoms with Crippen molar-refractivity contribution in [1.29, 1.82) is 0 Å². The van der Waals surface area contributed by atoms with E-state index in [1.807, 2.05) is 6.92 Å². The van der Waals surface area contributed by atoms with E-state index < -0.39 is 21.9 Å². The number of sulfonamides is 1. The molecule has 3 aromatic carbocycles. The molecule has 33 heavy (non-hydrogen) atoms. The first kappa shape index (κ1) is 24.3. The Labute approximate surface area is 197 Å². The van der Waals surface area contributed by atoms with Gasteiger partial charge in [0, 0.05) is 5.56 Å². The first-order valence-electron chi connectivity index (χ1n) is 10.1. The van der Waals surface area contributed by atoms with Crippen LogP contribution >= 0.6 is 11.6 Å².